The SMILES string of the molecule is CC(/C=C(/C)Nc1ccc(N/C(C)=C/C(C)=Nc2c(C(C)C)cccc2C(C)C)cc1)=Nc1c(C(C)C)cccc1C(C)C. The summed E-state index contributed by atoms with van der Waals surface area (Å²) < 4.78 is 0. The number of allylic oxidation sites excluding steroid dienone is 4. The van der Waals surface area contributed by atoms with Crippen LogP contribution >= 0.6 is 0 Å². The summed E-state index contributed by atoms with van der Waals surface area (Å²) in [7, 11) is 0. The van der Waals surface area contributed by atoms with E-state index in [0.717, 1.165) is 45.6 Å². The van der Waals surface area contributed by atoms with Gasteiger partial charge in [-0.15, -0.1) is 0 Å². The van der Waals surface area contributed by atoms with Gasteiger partial charge in [0.25, 0.3) is 0 Å². The zero-order chi connectivity index (χ0) is 32.6. The van der Waals surface area contributed by atoms with Gasteiger partial charge in [0.2, 0.25) is 0 Å². The highest BCUT2D eigenvalue weighted by Gasteiger charge is 2.14. The molecule has 0 saturated carbocycles. The summed E-state index contributed by atoms with van der Waals surface area (Å²) in [4.78, 5) is 10.2. The maximum atomic E-state index is 5.08. The van der Waals surface area contributed by atoms with Crippen LogP contribution in [0, 0.1) is 0 Å². The van der Waals surface area contributed by atoms with Crippen molar-refractivity contribution >= 4 is 34.2 Å². The predicted molar refractivity (Wildman–Crippen MR) is 196 cm³/mol. The normalized spacial score (nSPS) is 13.5. The Bertz CT molecular complexity index is 1360. The fourth-order valence-electron chi connectivity index (χ4n) is 5.49. The standard InChI is InChI=1S/C40H54N4/c1-25(2)35-15-13-16-36(26(3)4)39(35)43-31(11)23-29(9)41-33-19-21-34(22-20-33)42-30(10)24-32(12)44-40-37(27(5)6)17-14-18-38(40)28(7)8/h13-28,41-42H,1-12H3/b29-23-,30-24+,43-31?,44-32?. The van der Waals surface area contributed by atoms with Crippen LogP contribution in [0.1, 0.15) is 129 Å². The predicted octanol–water partition coefficient (Wildman–Crippen LogP) is 12.4. The van der Waals surface area contributed by atoms with Crippen LogP contribution in [0.5, 0.6) is 0 Å². The molecular weight excluding hydrogens is 536 g/mol. The van der Waals surface area contributed by atoms with Gasteiger partial charge in [-0.25, -0.2) is 0 Å². The Morgan fingerprint density at radius 3 is 1.00 bits per heavy atom. The first-order chi connectivity index (χ1) is 20.8. The van der Waals surface area contributed by atoms with E-state index < -0.39 is 0 Å². The summed E-state index contributed by atoms with van der Waals surface area (Å²) in [6, 6.07) is 21.5. The van der Waals surface area contributed by atoms with E-state index in [-0.39, 0.29) is 0 Å². The quantitative estimate of drug-likeness (QED) is 0.206. The lowest BCUT2D eigenvalue weighted by atomic mass is 9.93. The van der Waals surface area contributed by atoms with Crippen molar-refractivity contribution in [1.29, 1.82) is 0 Å². The second kappa shape index (κ2) is 15.7. The summed E-state index contributed by atoms with van der Waals surface area (Å²) in [6.45, 7) is 26.2. The molecule has 0 bridgehead atoms. The molecule has 3 aromatic rings. The van der Waals surface area contributed by atoms with Crippen LogP contribution in [0.15, 0.2) is 94.2 Å². The number of nitrogens with zero attached hydrogens (tertiary/aromatic N) is 2. The number of rotatable bonds is 12. The van der Waals surface area contributed by atoms with Crippen molar-refractivity contribution < 1.29 is 0 Å². The highest BCUT2D eigenvalue weighted by molar-refractivity contribution is 5.96. The number of para-hydroxylation sites is 2. The van der Waals surface area contributed by atoms with Crippen molar-refractivity contribution in [2.45, 2.75) is 107 Å². The number of benzene rings is 3. The topological polar surface area (TPSA) is 48.8 Å². The van der Waals surface area contributed by atoms with Crippen LogP contribution in [-0.2, 0) is 0 Å². The zero-order valence-electron chi connectivity index (χ0n) is 29.1. The Labute approximate surface area is 267 Å². The summed E-state index contributed by atoms with van der Waals surface area (Å²) in [6.07, 6.45) is 4.23. The number of aliphatic imine (C=N–C) groups is 2. The first-order valence-corrected chi connectivity index (χ1v) is 16.1. The summed E-state index contributed by atoms with van der Waals surface area (Å²) in [5, 5.41) is 7.04. The van der Waals surface area contributed by atoms with E-state index in [2.05, 4.69) is 167 Å². The smallest absolute Gasteiger partial charge is 0.0701 e. The molecule has 4 heteroatoms. The van der Waals surface area contributed by atoms with Gasteiger partial charge in [-0.1, -0.05) is 91.8 Å². The van der Waals surface area contributed by atoms with E-state index in [0.29, 0.717) is 23.7 Å². The van der Waals surface area contributed by atoms with Crippen LogP contribution in [0.2, 0.25) is 0 Å². The Balaban J connectivity index is 1.73. The number of nitrogens with one attached hydrogen (secondary N) is 2. The largest absolute Gasteiger partial charge is 0.359 e. The highest BCUT2D eigenvalue weighted by Crippen LogP contribution is 2.36. The van der Waals surface area contributed by atoms with Crippen molar-refractivity contribution in [3.63, 3.8) is 0 Å². The molecule has 3 rings (SSSR count). The minimum absolute atomic E-state index is 0.421. The van der Waals surface area contributed by atoms with E-state index in [4.69, 9.17) is 9.98 Å². The van der Waals surface area contributed by atoms with Gasteiger partial charge >= 0.3 is 0 Å². The zero-order valence-corrected chi connectivity index (χ0v) is 29.1. The molecule has 0 aliphatic carbocycles. The molecule has 0 amide bonds. The van der Waals surface area contributed by atoms with Crippen LogP contribution in [0.3, 0.4) is 0 Å². The summed E-state index contributed by atoms with van der Waals surface area (Å²) in [5.41, 5.74) is 13.5. The molecule has 0 radical (unpaired) electrons. The Kier molecular flexibility index (Phi) is 12.3. The minimum Gasteiger partial charge on any atom is -0.359 e. The molecule has 0 fully saturated rings. The lowest BCUT2D eigenvalue weighted by molar-refractivity contribution is 0.834. The molecule has 0 saturated heterocycles. The summed E-state index contributed by atoms with van der Waals surface area (Å²) in [5.74, 6) is 1.68. The van der Waals surface area contributed by atoms with Gasteiger partial charge in [0.1, 0.15) is 0 Å². The molecule has 2 N–H and O–H groups in total. The molecule has 234 valence electrons. The molecular formula is C40H54N4. The van der Waals surface area contributed by atoms with E-state index >= 15 is 0 Å². The first kappa shape index (κ1) is 34.6. The van der Waals surface area contributed by atoms with Crippen molar-refractivity contribution in [1.82, 2.24) is 0 Å². The van der Waals surface area contributed by atoms with Gasteiger partial charge in [-0.2, -0.15) is 0 Å². The third kappa shape index (κ3) is 9.54. The van der Waals surface area contributed by atoms with E-state index in [1.54, 1.807) is 0 Å². The molecule has 0 spiro atoms. The fourth-order valence-corrected chi connectivity index (χ4v) is 5.49. The number of hydrogen-bond acceptors (Lipinski definition) is 4. The van der Waals surface area contributed by atoms with Crippen molar-refractivity contribution in [3.8, 4) is 0 Å². The molecule has 0 aliphatic rings. The molecule has 0 heterocycles. The average molecular weight is 591 g/mol. The van der Waals surface area contributed by atoms with Gasteiger partial charge in [-0.3, -0.25) is 9.98 Å². The lowest BCUT2D eigenvalue weighted by Crippen LogP contribution is -2.01. The van der Waals surface area contributed by atoms with Gasteiger partial charge in [0, 0.05) is 34.2 Å². The third-order valence-electron chi connectivity index (χ3n) is 7.68. The van der Waals surface area contributed by atoms with Gasteiger partial charge in [0.05, 0.1) is 11.4 Å². The van der Waals surface area contributed by atoms with Crippen LogP contribution in [-0.4, -0.2) is 11.4 Å². The molecule has 0 aromatic heterocycles. The Morgan fingerprint density at radius 1 is 0.477 bits per heavy atom. The van der Waals surface area contributed by atoms with E-state index in [9.17, 15) is 0 Å². The van der Waals surface area contributed by atoms with Crippen molar-refractivity contribution in [3.05, 3.63) is 106 Å². The van der Waals surface area contributed by atoms with Crippen LogP contribution in [0.4, 0.5) is 22.7 Å². The first-order valence-electron chi connectivity index (χ1n) is 16.1. The number of anilines is 2. The third-order valence-corrected chi connectivity index (χ3v) is 7.68. The molecule has 3 aromatic carbocycles. The number of hydrogen-bond donors (Lipinski definition) is 2. The molecule has 44 heavy (non-hydrogen) atoms. The second-order valence-corrected chi connectivity index (χ2v) is 13.2. The van der Waals surface area contributed by atoms with Gasteiger partial charge in [0.15, 0.2) is 0 Å². The summed E-state index contributed by atoms with van der Waals surface area (Å²) >= 11 is 0. The average Bonchev–Trinajstić information content (AvgIpc) is 2.93. The maximum Gasteiger partial charge on any atom is 0.0701 e. The second-order valence-electron chi connectivity index (χ2n) is 13.2. The van der Waals surface area contributed by atoms with E-state index in [1.165, 1.54) is 22.3 Å². The van der Waals surface area contributed by atoms with Crippen LogP contribution in [0.25, 0.3) is 0 Å². The molecule has 4 nitrogen and oxygen atoms in total. The monoisotopic (exact) mass is 590 g/mol. The highest BCUT2D eigenvalue weighted by atomic mass is 14.9. The Morgan fingerprint density at radius 2 is 0.750 bits per heavy atom. The maximum absolute atomic E-state index is 5.08. The van der Waals surface area contributed by atoms with Crippen LogP contribution < -0.4 is 10.6 Å². The molecule has 0 atom stereocenters. The van der Waals surface area contributed by atoms with E-state index in [1.807, 2.05) is 0 Å². The lowest BCUT2D eigenvalue weighted by Gasteiger charge is -2.17. The van der Waals surface area contributed by atoms with Crippen molar-refractivity contribution in [2.24, 2.45) is 9.98 Å². The fraction of sp³-hybridized carbons (Fsp3) is 0.400. The molecule has 0 unspecified atom stereocenters. The Hall–Kier alpha value is -3.92. The minimum atomic E-state index is 0.421. The van der Waals surface area contributed by atoms with Gasteiger partial charge in [-0.05, 0) is 110 Å². The molecule has 0 aliphatic heterocycles. The van der Waals surface area contributed by atoms with Gasteiger partial charge < -0.3 is 10.6 Å². The van der Waals surface area contributed by atoms with Crippen molar-refractivity contribution in [2.75, 3.05) is 10.6 Å².